The van der Waals surface area contributed by atoms with Crippen molar-refractivity contribution in [1.82, 2.24) is 9.78 Å². The van der Waals surface area contributed by atoms with E-state index in [1.54, 1.807) is 0 Å². The summed E-state index contributed by atoms with van der Waals surface area (Å²) in [6.07, 6.45) is 1.82. The van der Waals surface area contributed by atoms with Gasteiger partial charge in [-0.05, 0) is 24.6 Å². The second-order valence-electron chi connectivity index (χ2n) is 4.69. The van der Waals surface area contributed by atoms with E-state index in [9.17, 15) is 0 Å². The van der Waals surface area contributed by atoms with E-state index in [0.717, 1.165) is 28.3 Å². The van der Waals surface area contributed by atoms with Gasteiger partial charge in [0.05, 0.1) is 12.2 Å². The monoisotopic (exact) mass is 259 g/mol. The van der Waals surface area contributed by atoms with Crippen LogP contribution in [0.15, 0.2) is 24.4 Å². The fourth-order valence-corrected chi connectivity index (χ4v) is 2.25. The highest BCUT2D eigenvalue weighted by Crippen LogP contribution is 2.33. The zero-order valence-corrected chi connectivity index (χ0v) is 11.1. The molecule has 2 aromatic rings. The Hall–Kier alpha value is -2.01. The summed E-state index contributed by atoms with van der Waals surface area (Å²) >= 11 is 0. The van der Waals surface area contributed by atoms with Crippen molar-refractivity contribution in [3.8, 4) is 11.5 Å². The second kappa shape index (κ2) is 4.59. The Balaban J connectivity index is 1.95. The molecule has 2 N–H and O–H groups in total. The molecule has 1 atom stereocenters. The maximum Gasteiger partial charge on any atom is 0.161 e. The van der Waals surface area contributed by atoms with Crippen LogP contribution in [0.4, 0.5) is 0 Å². The van der Waals surface area contributed by atoms with E-state index in [-0.39, 0.29) is 6.04 Å². The average molecular weight is 259 g/mol. The van der Waals surface area contributed by atoms with Gasteiger partial charge in [-0.3, -0.25) is 4.68 Å². The molecule has 0 amide bonds. The van der Waals surface area contributed by atoms with Gasteiger partial charge in [0.15, 0.2) is 11.5 Å². The third-order valence-corrected chi connectivity index (χ3v) is 3.53. The number of benzene rings is 1. The predicted octanol–water partition coefficient (Wildman–Crippen LogP) is 1.55. The molecular formula is C14H17N3O2. The summed E-state index contributed by atoms with van der Waals surface area (Å²) in [5, 5.41) is 4.23. The first-order chi connectivity index (χ1) is 9.16. The first-order valence-electron chi connectivity index (χ1n) is 6.30. The van der Waals surface area contributed by atoms with Crippen LogP contribution in [0.25, 0.3) is 0 Å². The topological polar surface area (TPSA) is 62.3 Å². The number of nitrogens with two attached hydrogens (primary N) is 1. The van der Waals surface area contributed by atoms with Gasteiger partial charge < -0.3 is 15.2 Å². The third kappa shape index (κ3) is 2.06. The van der Waals surface area contributed by atoms with Crippen LogP contribution in [0.1, 0.15) is 22.9 Å². The highest BCUT2D eigenvalue weighted by atomic mass is 16.6. The number of ether oxygens (including phenoxy) is 2. The Morgan fingerprint density at radius 3 is 2.68 bits per heavy atom. The van der Waals surface area contributed by atoms with Gasteiger partial charge in [0.2, 0.25) is 0 Å². The summed E-state index contributed by atoms with van der Waals surface area (Å²) in [4.78, 5) is 0. The van der Waals surface area contributed by atoms with Crippen molar-refractivity contribution in [3.63, 3.8) is 0 Å². The molecule has 3 rings (SSSR count). The molecule has 0 spiro atoms. The Bertz CT molecular complexity index is 607. The number of fused-ring (bicyclic) bond motifs is 1. The highest BCUT2D eigenvalue weighted by Gasteiger charge is 2.18. The molecular weight excluding hydrogens is 242 g/mol. The van der Waals surface area contributed by atoms with Crippen LogP contribution in [0.3, 0.4) is 0 Å². The standard InChI is InChI=1S/C14H17N3O2/c1-9-11(8-16-17(9)2)14(15)10-3-4-12-13(7-10)19-6-5-18-12/h3-4,7-8,14H,5-6,15H2,1-2H3. The summed E-state index contributed by atoms with van der Waals surface area (Å²) in [7, 11) is 1.91. The highest BCUT2D eigenvalue weighted by molar-refractivity contribution is 5.46. The molecule has 0 bridgehead atoms. The van der Waals surface area contributed by atoms with Gasteiger partial charge in [-0.25, -0.2) is 0 Å². The van der Waals surface area contributed by atoms with E-state index in [1.807, 2.05) is 43.0 Å². The lowest BCUT2D eigenvalue weighted by Crippen LogP contribution is -2.17. The van der Waals surface area contributed by atoms with Crippen LogP contribution in [0.2, 0.25) is 0 Å². The molecule has 1 aliphatic rings. The van der Waals surface area contributed by atoms with Crippen molar-refractivity contribution < 1.29 is 9.47 Å². The van der Waals surface area contributed by atoms with E-state index >= 15 is 0 Å². The summed E-state index contributed by atoms with van der Waals surface area (Å²) in [6.45, 7) is 3.19. The zero-order valence-electron chi connectivity index (χ0n) is 11.1. The summed E-state index contributed by atoms with van der Waals surface area (Å²) < 4.78 is 12.9. The van der Waals surface area contributed by atoms with Gasteiger partial charge in [-0.1, -0.05) is 6.07 Å². The Labute approximate surface area is 111 Å². The normalized spacial score (nSPS) is 15.3. The number of aryl methyl sites for hydroxylation is 1. The van der Waals surface area contributed by atoms with Crippen LogP contribution in [-0.2, 0) is 7.05 Å². The molecule has 0 radical (unpaired) electrons. The lowest BCUT2D eigenvalue weighted by molar-refractivity contribution is 0.171. The van der Waals surface area contributed by atoms with E-state index < -0.39 is 0 Å². The molecule has 0 aliphatic carbocycles. The molecule has 5 heteroatoms. The number of hydrogen-bond donors (Lipinski definition) is 1. The van der Waals surface area contributed by atoms with Gasteiger partial charge in [0.25, 0.3) is 0 Å². The van der Waals surface area contributed by atoms with Crippen molar-refractivity contribution in [2.45, 2.75) is 13.0 Å². The Morgan fingerprint density at radius 2 is 2.00 bits per heavy atom. The minimum atomic E-state index is -0.204. The minimum Gasteiger partial charge on any atom is -0.486 e. The van der Waals surface area contributed by atoms with Crippen molar-refractivity contribution in [2.24, 2.45) is 12.8 Å². The summed E-state index contributed by atoms with van der Waals surface area (Å²) in [5.41, 5.74) is 9.41. The number of rotatable bonds is 2. The maximum absolute atomic E-state index is 6.31. The van der Waals surface area contributed by atoms with Crippen molar-refractivity contribution in [3.05, 3.63) is 41.2 Å². The Kier molecular flexibility index (Phi) is 2.91. The van der Waals surface area contributed by atoms with Crippen LogP contribution < -0.4 is 15.2 Å². The third-order valence-electron chi connectivity index (χ3n) is 3.53. The molecule has 2 heterocycles. The van der Waals surface area contributed by atoms with E-state index in [1.165, 1.54) is 0 Å². The minimum absolute atomic E-state index is 0.204. The largest absolute Gasteiger partial charge is 0.486 e. The van der Waals surface area contributed by atoms with E-state index in [2.05, 4.69) is 5.10 Å². The quantitative estimate of drug-likeness (QED) is 0.888. The van der Waals surface area contributed by atoms with Crippen LogP contribution in [0, 0.1) is 6.92 Å². The zero-order chi connectivity index (χ0) is 13.4. The molecule has 5 nitrogen and oxygen atoms in total. The second-order valence-corrected chi connectivity index (χ2v) is 4.69. The van der Waals surface area contributed by atoms with Crippen molar-refractivity contribution in [2.75, 3.05) is 13.2 Å². The molecule has 19 heavy (non-hydrogen) atoms. The summed E-state index contributed by atoms with van der Waals surface area (Å²) in [5.74, 6) is 1.55. The molecule has 1 aliphatic heterocycles. The number of hydrogen-bond acceptors (Lipinski definition) is 4. The SMILES string of the molecule is Cc1c(C(N)c2ccc3c(c2)OCCO3)cnn1C. The smallest absolute Gasteiger partial charge is 0.161 e. The van der Waals surface area contributed by atoms with Gasteiger partial charge in [0, 0.05) is 18.3 Å². The fourth-order valence-electron chi connectivity index (χ4n) is 2.25. The van der Waals surface area contributed by atoms with Crippen LogP contribution >= 0.6 is 0 Å². The van der Waals surface area contributed by atoms with Crippen LogP contribution in [0.5, 0.6) is 11.5 Å². The molecule has 1 unspecified atom stereocenters. The lowest BCUT2D eigenvalue weighted by Gasteiger charge is -2.20. The molecule has 0 saturated carbocycles. The molecule has 1 aromatic heterocycles. The first-order valence-corrected chi connectivity index (χ1v) is 6.30. The fraction of sp³-hybridized carbons (Fsp3) is 0.357. The van der Waals surface area contributed by atoms with Gasteiger partial charge in [-0.2, -0.15) is 5.10 Å². The number of nitrogens with zero attached hydrogens (tertiary/aromatic N) is 2. The maximum atomic E-state index is 6.31. The van der Waals surface area contributed by atoms with Crippen LogP contribution in [-0.4, -0.2) is 23.0 Å². The molecule has 0 fully saturated rings. The Morgan fingerprint density at radius 1 is 1.26 bits per heavy atom. The first kappa shape index (κ1) is 12.0. The van der Waals surface area contributed by atoms with Gasteiger partial charge >= 0.3 is 0 Å². The van der Waals surface area contributed by atoms with Crippen molar-refractivity contribution >= 4 is 0 Å². The molecule has 1 aromatic carbocycles. The van der Waals surface area contributed by atoms with E-state index in [0.29, 0.717) is 13.2 Å². The van der Waals surface area contributed by atoms with Crippen molar-refractivity contribution in [1.29, 1.82) is 0 Å². The predicted molar refractivity (Wildman–Crippen MR) is 71.4 cm³/mol. The van der Waals surface area contributed by atoms with Gasteiger partial charge in [-0.15, -0.1) is 0 Å². The molecule has 0 saturated heterocycles. The lowest BCUT2D eigenvalue weighted by atomic mass is 10.00. The van der Waals surface area contributed by atoms with E-state index in [4.69, 9.17) is 15.2 Å². The molecule has 100 valence electrons. The average Bonchev–Trinajstić information content (AvgIpc) is 2.78. The van der Waals surface area contributed by atoms with Gasteiger partial charge in [0.1, 0.15) is 13.2 Å². The summed E-state index contributed by atoms with van der Waals surface area (Å²) in [6, 6.07) is 5.63. The number of aromatic nitrogens is 2.